The number of sulfonamides is 2. The van der Waals surface area contributed by atoms with E-state index in [4.69, 9.17) is 16.3 Å². The van der Waals surface area contributed by atoms with Crippen molar-refractivity contribution < 1.29 is 26.4 Å². The Bertz CT molecular complexity index is 1790. The third-order valence-corrected chi connectivity index (χ3v) is 9.91. The molecule has 0 saturated carbocycles. The van der Waals surface area contributed by atoms with Crippen molar-refractivity contribution in [3.05, 3.63) is 107 Å². The van der Waals surface area contributed by atoms with Gasteiger partial charge in [0.25, 0.3) is 26.0 Å². The zero-order chi connectivity index (χ0) is 29.2. The van der Waals surface area contributed by atoms with E-state index in [1.165, 1.54) is 52.8 Å². The topological polar surface area (TPSA) is 122 Å². The SMILES string of the molecule is Cc1ccc(NS(=O)(=O)c2ccc(OCC(=O)Nc3ccc4c(c3)N(S(=O)(=O)c3ccc(Cl)cc3)CC4)cc2)cc1. The zero-order valence-corrected chi connectivity index (χ0v) is 24.3. The second-order valence-corrected chi connectivity index (χ2v) is 13.4. The number of carbonyl (C=O) groups excluding carboxylic acids is 1. The van der Waals surface area contributed by atoms with Gasteiger partial charge in [0, 0.05) is 22.9 Å². The molecule has 0 radical (unpaired) electrons. The Hall–Kier alpha value is -4.06. The Morgan fingerprint density at radius 2 is 1.49 bits per heavy atom. The van der Waals surface area contributed by atoms with Crippen LogP contribution in [0.5, 0.6) is 5.75 Å². The Kier molecular flexibility index (Phi) is 7.94. The highest BCUT2D eigenvalue weighted by molar-refractivity contribution is 7.93. The third-order valence-electron chi connectivity index (χ3n) is 6.43. The normalized spacial score (nSPS) is 13.0. The highest BCUT2D eigenvalue weighted by Gasteiger charge is 2.31. The summed E-state index contributed by atoms with van der Waals surface area (Å²) in [5.74, 6) is -0.156. The van der Waals surface area contributed by atoms with Crippen LogP contribution >= 0.6 is 11.6 Å². The summed E-state index contributed by atoms with van der Waals surface area (Å²) in [6.45, 7) is 1.86. The lowest BCUT2D eigenvalue weighted by Crippen LogP contribution is -2.29. The molecule has 1 amide bonds. The van der Waals surface area contributed by atoms with E-state index in [-0.39, 0.29) is 22.9 Å². The van der Waals surface area contributed by atoms with Crippen LogP contribution in [0.4, 0.5) is 17.1 Å². The van der Waals surface area contributed by atoms with Crippen molar-refractivity contribution in [1.29, 1.82) is 0 Å². The van der Waals surface area contributed by atoms with Gasteiger partial charge in [0.15, 0.2) is 6.61 Å². The van der Waals surface area contributed by atoms with Crippen molar-refractivity contribution in [2.75, 3.05) is 27.5 Å². The molecule has 41 heavy (non-hydrogen) atoms. The van der Waals surface area contributed by atoms with Gasteiger partial charge in [-0.15, -0.1) is 0 Å². The van der Waals surface area contributed by atoms with Gasteiger partial charge in [-0.1, -0.05) is 35.4 Å². The number of fused-ring (bicyclic) bond motifs is 1. The summed E-state index contributed by atoms with van der Waals surface area (Å²) in [5.41, 5.74) is 3.22. The largest absolute Gasteiger partial charge is 0.484 e. The summed E-state index contributed by atoms with van der Waals surface area (Å²) in [6, 6.07) is 23.8. The number of nitrogens with zero attached hydrogens (tertiary/aromatic N) is 1. The lowest BCUT2D eigenvalue weighted by Gasteiger charge is -2.20. The van der Waals surface area contributed by atoms with Crippen LogP contribution in [-0.4, -0.2) is 35.9 Å². The first kappa shape index (κ1) is 28.5. The first-order valence-corrected chi connectivity index (χ1v) is 15.8. The number of hydrogen-bond acceptors (Lipinski definition) is 6. The highest BCUT2D eigenvalue weighted by Crippen LogP contribution is 2.35. The Morgan fingerprint density at radius 1 is 0.854 bits per heavy atom. The molecule has 2 N–H and O–H groups in total. The van der Waals surface area contributed by atoms with Crippen LogP contribution in [0.25, 0.3) is 0 Å². The first-order chi connectivity index (χ1) is 19.5. The fraction of sp³-hybridized carbons (Fsp3) is 0.138. The van der Waals surface area contributed by atoms with E-state index in [0.29, 0.717) is 34.3 Å². The average molecular weight is 612 g/mol. The molecule has 0 fully saturated rings. The van der Waals surface area contributed by atoms with Crippen molar-refractivity contribution in [2.24, 2.45) is 0 Å². The van der Waals surface area contributed by atoms with Crippen molar-refractivity contribution >= 4 is 54.6 Å². The maximum Gasteiger partial charge on any atom is 0.264 e. The maximum atomic E-state index is 13.2. The molecule has 4 aromatic carbocycles. The van der Waals surface area contributed by atoms with Crippen molar-refractivity contribution in [3.8, 4) is 5.75 Å². The van der Waals surface area contributed by atoms with Gasteiger partial charge >= 0.3 is 0 Å². The van der Waals surface area contributed by atoms with E-state index in [1.54, 1.807) is 30.3 Å². The standard InChI is InChI=1S/C29H26ClN3O6S2/c1-20-2-7-23(8-3-20)32-40(35,36)26-14-10-25(11-15-26)39-19-29(34)31-24-9-4-21-16-17-33(28(21)18-24)41(37,38)27-12-5-22(30)6-13-27/h2-15,18,32H,16-17,19H2,1H3,(H,31,34). The molecule has 0 saturated heterocycles. The summed E-state index contributed by atoms with van der Waals surface area (Å²) in [6.07, 6.45) is 0.547. The number of benzene rings is 4. The molecule has 1 heterocycles. The molecule has 5 rings (SSSR count). The quantitative estimate of drug-likeness (QED) is 0.268. The fourth-order valence-electron chi connectivity index (χ4n) is 4.31. The van der Waals surface area contributed by atoms with Gasteiger partial charge in [0.2, 0.25) is 0 Å². The van der Waals surface area contributed by atoms with E-state index in [0.717, 1.165) is 11.1 Å². The molecule has 12 heteroatoms. The van der Waals surface area contributed by atoms with E-state index < -0.39 is 26.0 Å². The van der Waals surface area contributed by atoms with Crippen LogP contribution in [0.1, 0.15) is 11.1 Å². The molecule has 9 nitrogen and oxygen atoms in total. The minimum atomic E-state index is -3.80. The van der Waals surface area contributed by atoms with Gasteiger partial charge < -0.3 is 10.1 Å². The molecule has 1 aliphatic rings. The smallest absolute Gasteiger partial charge is 0.264 e. The molecular formula is C29H26ClN3O6S2. The summed E-state index contributed by atoms with van der Waals surface area (Å²) < 4.78 is 61.2. The molecule has 1 aliphatic heterocycles. The van der Waals surface area contributed by atoms with Gasteiger partial charge in [-0.05, 0) is 91.7 Å². The van der Waals surface area contributed by atoms with Crippen LogP contribution in [0.2, 0.25) is 5.02 Å². The van der Waals surface area contributed by atoms with Gasteiger partial charge in [-0.2, -0.15) is 0 Å². The molecular weight excluding hydrogens is 586 g/mol. The van der Waals surface area contributed by atoms with Gasteiger partial charge in [0.1, 0.15) is 5.75 Å². The highest BCUT2D eigenvalue weighted by atomic mass is 35.5. The molecule has 0 aromatic heterocycles. The Labute approximate surface area is 243 Å². The lowest BCUT2D eigenvalue weighted by molar-refractivity contribution is -0.118. The van der Waals surface area contributed by atoms with E-state index in [9.17, 15) is 21.6 Å². The minimum Gasteiger partial charge on any atom is -0.484 e. The summed E-state index contributed by atoms with van der Waals surface area (Å²) >= 11 is 5.91. The lowest BCUT2D eigenvalue weighted by atomic mass is 10.1. The summed E-state index contributed by atoms with van der Waals surface area (Å²) in [4.78, 5) is 12.8. The third kappa shape index (κ3) is 6.48. The minimum absolute atomic E-state index is 0.0473. The first-order valence-electron chi connectivity index (χ1n) is 12.5. The van der Waals surface area contributed by atoms with Gasteiger partial charge in [-0.25, -0.2) is 16.8 Å². The van der Waals surface area contributed by atoms with Crippen molar-refractivity contribution in [2.45, 2.75) is 23.1 Å². The number of anilines is 3. The second kappa shape index (κ2) is 11.4. The van der Waals surface area contributed by atoms with Crippen LogP contribution in [0.3, 0.4) is 0 Å². The number of halogens is 1. The zero-order valence-electron chi connectivity index (χ0n) is 21.9. The summed E-state index contributed by atoms with van der Waals surface area (Å²) in [5, 5.41) is 3.16. The Morgan fingerprint density at radius 3 is 2.17 bits per heavy atom. The number of carbonyl (C=O) groups is 1. The number of nitrogens with one attached hydrogen (secondary N) is 2. The fourth-order valence-corrected chi connectivity index (χ4v) is 6.99. The number of ether oxygens (including phenoxy) is 1. The van der Waals surface area contributed by atoms with Crippen LogP contribution < -0.4 is 19.1 Å². The van der Waals surface area contributed by atoms with Crippen molar-refractivity contribution in [3.63, 3.8) is 0 Å². The van der Waals surface area contributed by atoms with Crippen LogP contribution in [-0.2, 0) is 31.3 Å². The number of amides is 1. The van der Waals surface area contributed by atoms with Crippen molar-refractivity contribution in [1.82, 2.24) is 0 Å². The molecule has 0 unspecified atom stereocenters. The van der Waals surface area contributed by atoms with E-state index in [1.807, 2.05) is 19.1 Å². The van der Waals surface area contributed by atoms with Gasteiger partial charge in [-0.3, -0.25) is 13.8 Å². The average Bonchev–Trinajstić information content (AvgIpc) is 3.38. The van der Waals surface area contributed by atoms with E-state index >= 15 is 0 Å². The molecule has 212 valence electrons. The van der Waals surface area contributed by atoms with Crippen LogP contribution in [0, 0.1) is 6.92 Å². The predicted molar refractivity (Wildman–Crippen MR) is 159 cm³/mol. The van der Waals surface area contributed by atoms with Crippen LogP contribution in [0.15, 0.2) is 101 Å². The molecule has 0 spiro atoms. The molecule has 4 aromatic rings. The monoisotopic (exact) mass is 611 g/mol. The molecule has 0 aliphatic carbocycles. The Balaban J connectivity index is 1.20. The molecule has 0 atom stereocenters. The number of rotatable bonds is 9. The maximum absolute atomic E-state index is 13.2. The predicted octanol–water partition coefficient (Wildman–Crippen LogP) is 5.22. The van der Waals surface area contributed by atoms with Gasteiger partial charge in [0.05, 0.1) is 15.5 Å². The van der Waals surface area contributed by atoms with E-state index in [2.05, 4.69) is 10.0 Å². The molecule has 0 bridgehead atoms. The number of aryl methyl sites for hydroxylation is 1. The number of hydrogen-bond donors (Lipinski definition) is 2. The second-order valence-electron chi connectivity index (χ2n) is 9.40. The summed E-state index contributed by atoms with van der Waals surface area (Å²) in [7, 11) is -7.60.